The molecule has 2 aromatic carbocycles. The van der Waals surface area contributed by atoms with E-state index < -0.39 is 22.2 Å². The summed E-state index contributed by atoms with van der Waals surface area (Å²) in [5.74, 6) is -2.07. The van der Waals surface area contributed by atoms with Crippen molar-refractivity contribution in [3.63, 3.8) is 0 Å². The lowest BCUT2D eigenvalue weighted by atomic mass is 10.2. The van der Waals surface area contributed by atoms with Gasteiger partial charge < -0.3 is 4.74 Å². The average molecular weight is 276 g/mol. The highest BCUT2D eigenvalue weighted by atomic mass is 19.1. The van der Waals surface area contributed by atoms with Gasteiger partial charge in [0, 0.05) is 0 Å². The van der Waals surface area contributed by atoms with Crippen LogP contribution >= 0.6 is 0 Å². The summed E-state index contributed by atoms with van der Waals surface area (Å²) in [4.78, 5) is 9.98. The maximum absolute atomic E-state index is 13.4. The minimum absolute atomic E-state index is 0.179. The molecule has 2 rings (SSSR count). The van der Waals surface area contributed by atoms with Crippen molar-refractivity contribution in [1.29, 1.82) is 5.26 Å². The Kier molecular flexibility index (Phi) is 3.57. The summed E-state index contributed by atoms with van der Waals surface area (Å²) in [6.45, 7) is 0. The van der Waals surface area contributed by atoms with Crippen molar-refractivity contribution in [2.75, 3.05) is 0 Å². The van der Waals surface area contributed by atoms with Crippen LogP contribution < -0.4 is 4.74 Å². The normalized spacial score (nSPS) is 9.85. The Hall–Kier alpha value is -3.01. The first kappa shape index (κ1) is 13.4. The molecule has 0 aromatic heterocycles. The zero-order valence-corrected chi connectivity index (χ0v) is 9.84. The largest absolute Gasteiger partial charge is 0.449 e. The predicted octanol–water partition coefficient (Wildman–Crippen LogP) is 3.54. The van der Waals surface area contributed by atoms with E-state index in [0.29, 0.717) is 6.07 Å². The molecule has 0 atom stereocenters. The molecule has 0 aliphatic rings. The van der Waals surface area contributed by atoms with E-state index in [1.807, 2.05) is 0 Å². The van der Waals surface area contributed by atoms with Crippen molar-refractivity contribution in [2.24, 2.45) is 0 Å². The first-order chi connectivity index (χ1) is 9.52. The average Bonchev–Trinajstić information content (AvgIpc) is 2.41. The van der Waals surface area contributed by atoms with Gasteiger partial charge in [-0.3, -0.25) is 10.1 Å². The van der Waals surface area contributed by atoms with Crippen LogP contribution in [0.1, 0.15) is 5.56 Å². The number of nitrogens with zero attached hydrogens (tertiary/aromatic N) is 2. The fraction of sp³-hybridized carbons (Fsp3) is 0. The van der Waals surface area contributed by atoms with E-state index >= 15 is 0 Å². The van der Waals surface area contributed by atoms with Crippen molar-refractivity contribution < 1.29 is 18.4 Å². The van der Waals surface area contributed by atoms with Crippen LogP contribution in [0.3, 0.4) is 0 Å². The van der Waals surface area contributed by atoms with Crippen molar-refractivity contribution in [3.8, 4) is 17.6 Å². The third kappa shape index (κ3) is 2.54. The van der Waals surface area contributed by atoms with Gasteiger partial charge in [0.1, 0.15) is 29.0 Å². The van der Waals surface area contributed by atoms with Gasteiger partial charge in [-0.15, -0.1) is 0 Å². The van der Waals surface area contributed by atoms with Crippen LogP contribution in [0.5, 0.6) is 11.5 Å². The highest BCUT2D eigenvalue weighted by molar-refractivity contribution is 5.52. The lowest BCUT2D eigenvalue weighted by Gasteiger charge is -2.08. The van der Waals surface area contributed by atoms with Gasteiger partial charge >= 0.3 is 5.69 Å². The second kappa shape index (κ2) is 5.32. The Balaban J connectivity index is 2.49. The molecule has 0 saturated carbocycles. The molecule has 5 nitrogen and oxygen atoms in total. The third-order valence-corrected chi connectivity index (χ3v) is 2.42. The maximum atomic E-state index is 13.4. The Morgan fingerprint density at radius 1 is 1.20 bits per heavy atom. The Morgan fingerprint density at radius 3 is 2.60 bits per heavy atom. The molecule has 0 aliphatic carbocycles. The molecule has 0 aliphatic heterocycles. The van der Waals surface area contributed by atoms with Gasteiger partial charge in [-0.1, -0.05) is 6.07 Å². The van der Waals surface area contributed by atoms with E-state index in [-0.39, 0.29) is 17.1 Å². The van der Waals surface area contributed by atoms with Crippen molar-refractivity contribution >= 4 is 5.69 Å². The van der Waals surface area contributed by atoms with E-state index in [1.165, 1.54) is 12.1 Å². The van der Waals surface area contributed by atoms with Crippen LogP contribution in [0.4, 0.5) is 14.5 Å². The number of ether oxygens (including phenoxy) is 1. The number of hydrogen-bond donors (Lipinski definition) is 0. The zero-order chi connectivity index (χ0) is 14.7. The lowest BCUT2D eigenvalue weighted by Crippen LogP contribution is -1.96. The van der Waals surface area contributed by atoms with E-state index in [2.05, 4.69) is 0 Å². The van der Waals surface area contributed by atoms with Crippen molar-refractivity contribution in [3.05, 3.63) is 63.7 Å². The Labute approximate surface area is 111 Å². The van der Waals surface area contributed by atoms with Gasteiger partial charge in [0.2, 0.25) is 5.75 Å². The van der Waals surface area contributed by atoms with Crippen LogP contribution in [0.15, 0.2) is 36.4 Å². The standard InChI is InChI=1S/C13H6F2N2O3/c14-8-4-5-13(11(6-8)17(18)19)20-12-3-1-2-10(15)9(12)7-16/h1-6H. The fourth-order valence-electron chi connectivity index (χ4n) is 1.54. The summed E-state index contributed by atoms with van der Waals surface area (Å²) in [7, 11) is 0. The van der Waals surface area contributed by atoms with Gasteiger partial charge in [-0.25, -0.2) is 8.78 Å². The lowest BCUT2D eigenvalue weighted by molar-refractivity contribution is -0.385. The second-order valence-corrected chi connectivity index (χ2v) is 3.70. The highest BCUT2D eigenvalue weighted by Crippen LogP contribution is 2.33. The van der Waals surface area contributed by atoms with Gasteiger partial charge in [0.15, 0.2) is 0 Å². The van der Waals surface area contributed by atoms with Crippen LogP contribution in [0.25, 0.3) is 0 Å². The molecule has 0 amide bonds. The summed E-state index contributed by atoms with van der Waals surface area (Å²) in [6.07, 6.45) is 0. The Morgan fingerprint density at radius 2 is 1.95 bits per heavy atom. The SMILES string of the molecule is N#Cc1c(F)cccc1Oc1ccc(F)cc1[N+](=O)[O-]. The summed E-state index contributed by atoms with van der Waals surface area (Å²) >= 11 is 0. The first-order valence-electron chi connectivity index (χ1n) is 5.33. The van der Waals surface area contributed by atoms with E-state index in [0.717, 1.165) is 18.2 Å². The first-order valence-corrected chi connectivity index (χ1v) is 5.33. The smallest absolute Gasteiger partial charge is 0.314 e. The van der Waals surface area contributed by atoms with E-state index in [4.69, 9.17) is 10.00 Å². The summed E-state index contributed by atoms with van der Waals surface area (Å²) in [6, 6.07) is 7.93. The molecule has 20 heavy (non-hydrogen) atoms. The minimum atomic E-state index is -0.830. The molecular weight excluding hydrogens is 270 g/mol. The number of benzene rings is 2. The fourth-order valence-corrected chi connectivity index (χ4v) is 1.54. The van der Waals surface area contributed by atoms with Gasteiger partial charge in [0.25, 0.3) is 0 Å². The molecule has 0 radical (unpaired) electrons. The van der Waals surface area contributed by atoms with Gasteiger partial charge in [0.05, 0.1) is 11.0 Å². The van der Waals surface area contributed by atoms with Crippen LogP contribution in [0.2, 0.25) is 0 Å². The van der Waals surface area contributed by atoms with Crippen molar-refractivity contribution in [1.82, 2.24) is 0 Å². The molecule has 0 fully saturated rings. The molecular formula is C13H6F2N2O3. The molecule has 0 unspecified atom stereocenters. The zero-order valence-electron chi connectivity index (χ0n) is 9.84. The number of rotatable bonds is 3. The van der Waals surface area contributed by atoms with E-state index in [9.17, 15) is 18.9 Å². The quantitative estimate of drug-likeness (QED) is 0.634. The molecule has 100 valence electrons. The number of halogens is 2. The summed E-state index contributed by atoms with van der Waals surface area (Å²) in [5, 5.41) is 19.6. The van der Waals surface area contributed by atoms with Gasteiger partial charge in [-0.2, -0.15) is 5.26 Å². The Bertz CT molecular complexity index is 726. The van der Waals surface area contributed by atoms with Gasteiger partial charge in [-0.05, 0) is 24.3 Å². The molecule has 0 saturated heterocycles. The highest BCUT2D eigenvalue weighted by Gasteiger charge is 2.19. The number of nitro benzene ring substituents is 1. The molecule has 0 spiro atoms. The van der Waals surface area contributed by atoms with Crippen LogP contribution in [0, 0.1) is 33.1 Å². The van der Waals surface area contributed by atoms with Crippen molar-refractivity contribution in [2.45, 2.75) is 0 Å². The molecule has 7 heteroatoms. The summed E-state index contributed by atoms with van der Waals surface area (Å²) < 4.78 is 31.5. The maximum Gasteiger partial charge on any atom is 0.314 e. The molecule has 0 N–H and O–H groups in total. The predicted molar refractivity (Wildman–Crippen MR) is 64.2 cm³/mol. The topological polar surface area (TPSA) is 76.2 Å². The number of nitriles is 1. The molecule has 0 bridgehead atoms. The molecule has 0 heterocycles. The van der Waals surface area contributed by atoms with E-state index in [1.54, 1.807) is 6.07 Å². The number of nitro groups is 1. The minimum Gasteiger partial charge on any atom is -0.449 e. The molecule has 2 aromatic rings. The van der Waals surface area contributed by atoms with Crippen LogP contribution in [-0.2, 0) is 0 Å². The monoisotopic (exact) mass is 276 g/mol. The second-order valence-electron chi connectivity index (χ2n) is 3.70. The summed E-state index contributed by atoms with van der Waals surface area (Å²) in [5.41, 5.74) is -0.996. The third-order valence-electron chi connectivity index (χ3n) is 2.42. The number of hydrogen-bond acceptors (Lipinski definition) is 4. The van der Waals surface area contributed by atoms with Crippen LogP contribution in [-0.4, -0.2) is 4.92 Å².